The van der Waals surface area contributed by atoms with Crippen molar-refractivity contribution in [3.63, 3.8) is 0 Å². The second-order valence-corrected chi connectivity index (χ2v) is 10.3. The highest BCUT2D eigenvalue weighted by molar-refractivity contribution is 6.46. The van der Waals surface area contributed by atoms with E-state index in [-0.39, 0.29) is 34.7 Å². The molecule has 0 spiro atoms. The fraction of sp³-hybridized carbons (Fsp3) is 0.290. The Morgan fingerprint density at radius 2 is 1.61 bits per heavy atom. The lowest BCUT2D eigenvalue weighted by Gasteiger charge is -2.27. The van der Waals surface area contributed by atoms with E-state index in [0.29, 0.717) is 23.5 Å². The van der Waals surface area contributed by atoms with Crippen LogP contribution in [0.4, 0.5) is 4.39 Å². The Hall–Kier alpha value is -4.13. The highest BCUT2D eigenvalue weighted by atomic mass is 19.1. The van der Waals surface area contributed by atoms with E-state index in [0.717, 1.165) is 11.1 Å². The molecular weight excluding hydrogens is 485 g/mol. The Morgan fingerprint density at radius 3 is 2.18 bits per heavy atom. The van der Waals surface area contributed by atoms with Crippen LogP contribution in [0.25, 0.3) is 5.76 Å². The minimum absolute atomic E-state index is 0.0239. The molecule has 1 fully saturated rings. The number of Topliss-reactive ketones (excluding diaryl/α,β-unsaturated/α-hetero) is 1. The van der Waals surface area contributed by atoms with Gasteiger partial charge in [-0.15, -0.1) is 0 Å². The van der Waals surface area contributed by atoms with Gasteiger partial charge in [0.2, 0.25) is 0 Å². The lowest BCUT2D eigenvalue weighted by molar-refractivity contribution is -0.139. The quantitative estimate of drug-likeness (QED) is 0.243. The van der Waals surface area contributed by atoms with Gasteiger partial charge in [-0.1, -0.05) is 57.2 Å². The standard InChI is InChI=1S/C31H32FNO5/c1-31(2,3)21-10-8-20(9-11-21)27-26(28(34)24-18-23(37-4)14-15-25(24)38-5)29(35)30(36)33(27)17-16-19-6-12-22(32)13-7-19/h6-15,18,27,34H,16-17H2,1-5H3/b28-26+. The number of halogens is 1. The van der Waals surface area contributed by atoms with Crippen LogP contribution >= 0.6 is 0 Å². The number of methoxy groups -OCH3 is 2. The summed E-state index contributed by atoms with van der Waals surface area (Å²) in [5.74, 6) is -1.38. The summed E-state index contributed by atoms with van der Waals surface area (Å²) < 4.78 is 24.1. The van der Waals surface area contributed by atoms with Gasteiger partial charge in [0.05, 0.1) is 31.4 Å². The van der Waals surface area contributed by atoms with Crippen molar-refractivity contribution < 1.29 is 28.6 Å². The molecule has 0 saturated carbocycles. The third-order valence-electron chi connectivity index (χ3n) is 6.85. The highest BCUT2D eigenvalue weighted by Crippen LogP contribution is 2.42. The molecule has 0 aromatic heterocycles. The molecule has 1 unspecified atom stereocenters. The highest BCUT2D eigenvalue weighted by Gasteiger charge is 2.46. The van der Waals surface area contributed by atoms with E-state index >= 15 is 0 Å². The topological polar surface area (TPSA) is 76.1 Å². The van der Waals surface area contributed by atoms with Crippen LogP contribution in [0.15, 0.2) is 72.3 Å². The van der Waals surface area contributed by atoms with Gasteiger partial charge in [0.1, 0.15) is 23.1 Å². The summed E-state index contributed by atoms with van der Waals surface area (Å²) in [7, 11) is 2.96. The maximum Gasteiger partial charge on any atom is 0.295 e. The molecule has 7 heteroatoms. The van der Waals surface area contributed by atoms with Gasteiger partial charge in [-0.3, -0.25) is 9.59 Å². The summed E-state index contributed by atoms with van der Waals surface area (Å²) in [5, 5.41) is 11.5. The van der Waals surface area contributed by atoms with Gasteiger partial charge in [-0.05, 0) is 58.9 Å². The summed E-state index contributed by atoms with van der Waals surface area (Å²) in [6.45, 7) is 6.51. The number of ketones is 1. The molecule has 0 aliphatic carbocycles. The van der Waals surface area contributed by atoms with Crippen molar-refractivity contribution in [2.45, 2.75) is 38.6 Å². The molecule has 3 aromatic carbocycles. The monoisotopic (exact) mass is 517 g/mol. The summed E-state index contributed by atoms with van der Waals surface area (Å²) in [4.78, 5) is 28.2. The predicted octanol–water partition coefficient (Wildman–Crippen LogP) is 5.80. The zero-order valence-corrected chi connectivity index (χ0v) is 22.2. The fourth-order valence-electron chi connectivity index (χ4n) is 4.67. The first-order valence-electron chi connectivity index (χ1n) is 12.4. The summed E-state index contributed by atoms with van der Waals surface area (Å²) in [6, 6.07) is 17.8. The zero-order valence-electron chi connectivity index (χ0n) is 22.2. The molecule has 1 atom stereocenters. The number of nitrogens with zero attached hydrogens (tertiary/aromatic N) is 1. The molecule has 0 bridgehead atoms. The lowest BCUT2D eigenvalue weighted by Crippen LogP contribution is -2.31. The smallest absolute Gasteiger partial charge is 0.295 e. The van der Waals surface area contributed by atoms with Crippen molar-refractivity contribution in [3.05, 3.63) is 100 Å². The Bertz CT molecular complexity index is 1370. The molecule has 1 aliphatic heterocycles. The number of benzene rings is 3. The average Bonchev–Trinajstić information content (AvgIpc) is 3.16. The molecular formula is C31H32FNO5. The first kappa shape index (κ1) is 26.9. The lowest BCUT2D eigenvalue weighted by atomic mass is 9.85. The fourth-order valence-corrected chi connectivity index (χ4v) is 4.67. The van der Waals surface area contributed by atoms with Gasteiger partial charge < -0.3 is 19.5 Å². The van der Waals surface area contributed by atoms with E-state index in [9.17, 15) is 19.1 Å². The first-order chi connectivity index (χ1) is 18.0. The second-order valence-electron chi connectivity index (χ2n) is 10.3. The number of likely N-dealkylation sites (tertiary alicyclic amines) is 1. The average molecular weight is 518 g/mol. The minimum Gasteiger partial charge on any atom is -0.507 e. The Balaban J connectivity index is 1.84. The van der Waals surface area contributed by atoms with E-state index in [4.69, 9.17) is 9.47 Å². The molecule has 1 heterocycles. The number of amides is 1. The molecule has 4 rings (SSSR count). The number of aliphatic hydroxyl groups is 1. The molecule has 3 aromatic rings. The van der Waals surface area contributed by atoms with Crippen molar-refractivity contribution in [1.82, 2.24) is 4.90 Å². The van der Waals surface area contributed by atoms with Crippen LogP contribution < -0.4 is 9.47 Å². The van der Waals surface area contributed by atoms with Gasteiger partial charge in [0.15, 0.2) is 0 Å². The number of carbonyl (C=O) groups excluding carboxylic acids is 2. The molecule has 1 amide bonds. The number of hydrogen-bond donors (Lipinski definition) is 1. The number of carbonyl (C=O) groups is 2. The summed E-state index contributed by atoms with van der Waals surface area (Å²) in [6.07, 6.45) is 0.409. The number of aliphatic hydroxyl groups excluding tert-OH is 1. The Morgan fingerprint density at radius 1 is 0.947 bits per heavy atom. The normalized spacial score (nSPS) is 17.1. The second kappa shape index (κ2) is 10.7. The number of hydrogen-bond acceptors (Lipinski definition) is 5. The third kappa shape index (κ3) is 5.28. The van der Waals surface area contributed by atoms with Crippen LogP contribution in [0.5, 0.6) is 11.5 Å². The van der Waals surface area contributed by atoms with Crippen LogP contribution in [0.3, 0.4) is 0 Å². The SMILES string of the molecule is COc1ccc(OC)c(/C(O)=C2\C(=O)C(=O)N(CCc3ccc(F)cc3)C2c2ccc(C(C)(C)C)cc2)c1. The van der Waals surface area contributed by atoms with Gasteiger partial charge in [0.25, 0.3) is 11.7 Å². The van der Waals surface area contributed by atoms with E-state index in [2.05, 4.69) is 20.8 Å². The zero-order chi connectivity index (χ0) is 27.6. The van der Waals surface area contributed by atoms with E-state index in [1.54, 1.807) is 30.3 Å². The van der Waals surface area contributed by atoms with Crippen LogP contribution in [-0.2, 0) is 21.4 Å². The maximum atomic E-state index is 13.4. The molecule has 1 aliphatic rings. The minimum atomic E-state index is -0.819. The largest absolute Gasteiger partial charge is 0.507 e. The molecule has 6 nitrogen and oxygen atoms in total. The number of rotatable bonds is 7. The molecule has 198 valence electrons. The Labute approximate surface area is 222 Å². The van der Waals surface area contributed by atoms with E-state index in [1.807, 2.05) is 24.3 Å². The van der Waals surface area contributed by atoms with Crippen LogP contribution in [0.1, 0.15) is 49.1 Å². The van der Waals surface area contributed by atoms with Crippen molar-refractivity contribution in [2.75, 3.05) is 20.8 Å². The predicted molar refractivity (Wildman–Crippen MR) is 144 cm³/mol. The van der Waals surface area contributed by atoms with E-state index < -0.39 is 17.7 Å². The van der Waals surface area contributed by atoms with Gasteiger partial charge in [0, 0.05) is 6.54 Å². The summed E-state index contributed by atoms with van der Waals surface area (Å²) in [5.41, 5.74) is 2.75. The molecule has 1 saturated heterocycles. The van der Waals surface area contributed by atoms with Crippen molar-refractivity contribution in [2.24, 2.45) is 0 Å². The van der Waals surface area contributed by atoms with Gasteiger partial charge >= 0.3 is 0 Å². The van der Waals surface area contributed by atoms with E-state index in [1.165, 1.54) is 31.3 Å². The number of ether oxygens (including phenoxy) is 2. The van der Waals surface area contributed by atoms with Crippen molar-refractivity contribution >= 4 is 17.4 Å². The Kier molecular flexibility index (Phi) is 7.58. The van der Waals surface area contributed by atoms with Crippen LogP contribution in [0.2, 0.25) is 0 Å². The van der Waals surface area contributed by atoms with Crippen molar-refractivity contribution in [3.8, 4) is 11.5 Å². The van der Waals surface area contributed by atoms with Crippen molar-refractivity contribution in [1.29, 1.82) is 0 Å². The first-order valence-corrected chi connectivity index (χ1v) is 12.4. The van der Waals surface area contributed by atoms with Gasteiger partial charge in [-0.2, -0.15) is 0 Å². The van der Waals surface area contributed by atoms with Gasteiger partial charge in [-0.25, -0.2) is 4.39 Å². The molecule has 1 N–H and O–H groups in total. The summed E-state index contributed by atoms with van der Waals surface area (Å²) >= 11 is 0. The molecule has 38 heavy (non-hydrogen) atoms. The maximum absolute atomic E-state index is 13.4. The van der Waals surface area contributed by atoms with Crippen LogP contribution in [-0.4, -0.2) is 42.5 Å². The third-order valence-corrected chi connectivity index (χ3v) is 6.85. The van der Waals surface area contributed by atoms with Crippen LogP contribution in [0, 0.1) is 5.82 Å². The molecule has 0 radical (unpaired) electrons.